The minimum Gasteiger partial charge on any atom is -0.369 e. The number of primary amides is 1. The molecule has 0 bridgehead atoms. The number of carbonyl (C=O) groups excluding carboxylic acids is 2. The molecule has 1 atom stereocenters. The number of allylic oxidation sites excluding steroid dienone is 2. The zero-order valence-electron chi connectivity index (χ0n) is 13.8. The number of amides is 3. The second kappa shape index (κ2) is 8.54. The fourth-order valence-corrected chi connectivity index (χ4v) is 2.82. The van der Waals surface area contributed by atoms with Crippen LogP contribution >= 0.6 is 11.8 Å². The van der Waals surface area contributed by atoms with Crippen molar-refractivity contribution in [2.75, 3.05) is 11.6 Å². The molecule has 1 aliphatic rings. The number of aliphatic imine (C=N–C) groups is 1. The Bertz CT molecular complexity index is 685. The van der Waals surface area contributed by atoms with Crippen LogP contribution in [0.4, 0.5) is 10.5 Å². The molecule has 1 aliphatic carbocycles. The Kier molecular flexibility index (Phi) is 6.43. The maximum atomic E-state index is 12.1. The van der Waals surface area contributed by atoms with Crippen molar-refractivity contribution in [1.29, 1.82) is 0 Å². The van der Waals surface area contributed by atoms with Gasteiger partial charge in [0.15, 0.2) is 5.17 Å². The number of anilines is 1. The first-order valence-electron chi connectivity index (χ1n) is 7.73. The maximum Gasteiger partial charge on any atom is 0.325 e. The predicted octanol–water partition coefficient (Wildman–Crippen LogP) is 3.00. The molecular weight excluding hydrogens is 324 g/mol. The summed E-state index contributed by atoms with van der Waals surface area (Å²) in [6.07, 6.45) is 5.74. The molecule has 7 heteroatoms. The van der Waals surface area contributed by atoms with E-state index >= 15 is 0 Å². The lowest BCUT2D eigenvalue weighted by molar-refractivity contribution is -0.122. The Balaban J connectivity index is 1.96. The van der Waals surface area contributed by atoms with Crippen molar-refractivity contribution < 1.29 is 9.59 Å². The fourth-order valence-electron chi connectivity index (χ4n) is 2.42. The number of amidine groups is 1. The lowest BCUT2D eigenvalue weighted by atomic mass is 9.92. The smallest absolute Gasteiger partial charge is 0.325 e. The van der Waals surface area contributed by atoms with E-state index in [0.717, 1.165) is 16.9 Å². The van der Waals surface area contributed by atoms with Gasteiger partial charge in [-0.3, -0.25) is 10.1 Å². The zero-order valence-corrected chi connectivity index (χ0v) is 14.7. The van der Waals surface area contributed by atoms with E-state index in [2.05, 4.69) is 15.6 Å². The van der Waals surface area contributed by atoms with Crippen LogP contribution < -0.4 is 16.4 Å². The van der Waals surface area contributed by atoms with Crippen molar-refractivity contribution in [2.45, 2.75) is 26.2 Å². The van der Waals surface area contributed by atoms with Gasteiger partial charge in [0.1, 0.15) is 0 Å². The van der Waals surface area contributed by atoms with Crippen molar-refractivity contribution in [1.82, 2.24) is 5.32 Å². The molecule has 0 spiro atoms. The van der Waals surface area contributed by atoms with Crippen molar-refractivity contribution >= 4 is 34.6 Å². The molecule has 1 aromatic carbocycles. The molecule has 1 aromatic rings. The molecule has 0 radical (unpaired) electrons. The van der Waals surface area contributed by atoms with Crippen molar-refractivity contribution in [2.24, 2.45) is 16.6 Å². The molecule has 0 aliphatic heterocycles. The topological polar surface area (TPSA) is 96.6 Å². The van der Waals surface area contributed by atoms with Crippen LogP contribution in [0.2, 0.25) is 0 Å². The zero-order chi connectivity index (χ0) is 17.5. The Labute approximate surface area is 146 Å². The predicted molar refractivity (Wildman–Crippen MR) is 98.9 cm³/mol. The third-order valence-corrected chi connectivity index (χ3v) is 4.30. The van der Waals surface area contributed by atoms with Gasteiger partial charge in [-0.2, -0.15) is 0 Å². The first-order chi connectivity index (χ1) is 11.5. The summed E-state index contributed by atoms with van der Waals surface area (Å²) in [5.74, 6) is -0.380. The van der Waals surface area contributed by atoms with E-state index in [1.807, 2.05) is 43.5 Å². The van der Waals surface area contributed by atoms with E-state index in [1.165, 1.54) is 11.8 Å². The average molecular weight is 346 g/mol. The van der Waals surface area contributed by atoms with Gasteiger partial charge in [0, 0.05) is 17.3 Å². The number of carbonyl (C=O) groups is 2. The molecule has 1 unspecified atom stereocenters. The third-order valence-electron chi connectivity index (χ3n) is 3.72. The van der Waals surface area contributed by atoms with E-state index in [4.69, 9.17) is 5.73 Å². The number of rotatable bonds is 3. The van der Waals surface area contributed by atoms with Crippen LogP contribution in [-0.2, 0) is 4.79 Å². The fraction of sp³-hybridized carbons (Fsp3) is 0.353. The monoisotopic (exact) mass is 346 g/mol. The number of nitrogens with one attached hydrogen (secondary N) is 2. The number of thioether (sulfide) groups is 1. The van der Waals surface area contributed by atoms with Crippen molar-refractivity contribution in [3.8, 4) is 0 Å². The van der Waals surface area contributed by atoms with Gasteiger partial charge in [0.05, 0.1) is 0 Å². The number of hydrogen-bond donors (Lipinski definition) is 3. The van der Waals surface area contributed by atoms with Gasteiger partial charge in [-0.05, 0) is 50.1 Å². The minimum atomic E-state index is -0.333. The summed E-state index contributed by atoms with van der Waals surface area (Å²) in [5.41, 5.74) is 7.99. The van der Waals surface area contributed by atoms with Crippen LogP contribution in [0.3, 0.4) is 0 Å². The number of aryl methyl sites for hydroxylation is 1. The van der Waals surface area contributed by atoms with Crippen LogP contribution in [0.15, 0.2) is 41.0 Å². The average Bonchev–Trinajstić information content (AvgIpc) is 2.54. The number of nitrogens with zero attached hydrogens (tertiary/aromatic N) is 1. The van der Waals surface area contributed by atoms with Gasteiger partial charge < -0.3 is 11.1 Å². The molecule has 0 saturated heterocycles. The highest BCUT2D eigenvalue weighted by molar-refractivity contribution is 8.13. The molecule has 128 valence electrons. The number of urea groups is 1. The molecule has 3 amide bonds. The molecule has 4 N–H and O–H groups in total. The summed E-state index contributed by atoms with van der Waals surface area (Å²) in [6.45, 7) is 1.97. The lowest BCUT2D eigenvalue weighted by Crippen LogP contribution is -2.32. The highest BCUT2D eigenvalue weighted by Gasteiger charge is 2.19. The summed E-state index contributed by atoms with van der Waals surface area (Å²) in [5, 5.41) is 6.05. The number of hydrogen-bond acceptors (Lipinski definition) is 4. The van der Waals surface area contributed by atoms with Crippen LogP contribution in [-0.4, -0.2) is 23.4 Å². The van der Waals surface area contributed by atoms with Gasteiger partial charge in [0.2, 0.25) is 5.91 Å². The highest BCUT2D eigenvalue weighted by atomic mass is 32.2. The third kappa shape index (κ3) is 5.42. The van der Waals surface area contributed by atoms with Gasteiger partial charge in [0.25, 0.3) is 0 Å². The van der Waals surface area contributed by atoms with Gasteiger partial charge in [-0.15, -0.1) is 0 Å². The van der Waals surface area contributed by atoms with E-state index in [-0.39, 0.29) is 17.9 Å². The molecular formula is C17H22N4O2S. The standard InChI is InChI=1S/C17H22N4O2S/c1-11-4-3-5-14(10-11)19-16(23)21-17(24-2)20-13-8-6-12(7-9-13)15(18)22/h3-5,8,10,12H,6-7,9H2,1-2H3,(H2,18,22)(H2,19,20,21,23). The number of nitrogens with two attached hydrogens (primary N) is 1. The summed E-state index contributed by atoms with van der Waals surface area (Å²) in [7, 11) is 0. The Morgan fingerprint density at radius 2 is 2.17 bits per heavy atom. The van der Waals surface area contributed by atoms with E-state index in [0.29, 0.717) is 24.4 Å². The molecule has 0 fully saturated rings. The summed E-state index contributed by atoms with van der Waals surface area (Å²) >= 11 is 1.36. The summed E-state index contributed by atoms with van der Waals surface area (Å²) < 4.78 is 0. The summed E-state index contributed by atoms with van der Waals surface area (Å²) in [4.78, 5) is 27.7. The lowest BCUT2D eigenvalue weighted by Gasteiger charge is -2.17. The molecule has 24 heavy (non-hydrogen) atoms. The molecule has 2 rings (SSSR count). The Hall–Kier alpha value is -2.28. The van der Waals surface area contributed by atoms with Crippen molar-refractivity contribution in [3.05, 3.63) is 41.6 Å². The van der Waals surface area contributed by atoms with Gasteiger partial charge in [-0.25, -0.2) is 9.79 Å². The maximum absolute atomic E-state index is 12.1. The molecule has 0 saturated carbocycles. The van der Waals surface area contributed by atoms with Gasteiger partial charge in [-0.1, -0.05) is 30.0 Å². The van der Waals surface area contributed by atoms with Crippen LogP contribution in [0.25, 0.3) is 0 Å². The van der Waals surface area contributed by atoms with E-state index in [9.17, 15) is 9.59 Å². The van der Waals surface area contributed by atoms with Crippen LogP contribution in [0.1, 0.15) is 24.8 Å². The van der Waals surface area contributed by atoms with Crippen LogP contribution in [0, 0.1) is 12.8 Å². The first kappa shape index (κ1) is 18.1. The molecule has 0 heterocycles. The largest absolute Gasteiger partial charge is 0.369 e. The second-order valence-electron chi connectivity index (χ2n) is 5.64. The summed E-state index contributed by atoms with van der Waals surface area (Å²) in [6, 6.07) is 7.24. The normalized spacial score (nSPS) is 17.8. The van der Waals surface area contributed by atoms with Gasteiger partial charge >= 0.3 is 6.03 Å². The number of benzene rings is 1. The Morgan fingerprint density at radius 3 is 2.75 bits per heavy atom. The first-order valence-corrected chi connectivity index (χ1v) is 8.96. The van der Waals surface area contributed by atoms with E-state index in [1.54, 1.807) is 0 Å². The molecule has 6 nitrogen and oxygen atoms in total. The minimum absolute atomic E-state index is 0.112. The van der Waals surface area contributed by atoms with Crippen LogP contribution in [0.5, 0.6) is 0 Å². The highest BCUT2D eigenvalue weighted by Crippen LogP contribution is 2.24. The second-order valence-corrected chi connectivity index (χ2v) is 6.43. The Morgan fingerprint density at radius 1 is 1.38 bits per heavy atom. The van der Waals surface area contributed by atoms with Crippen molar-refractivity contribution in [3.63, 3.8) is 0 Å². The SMILES string of the molecule is CS/C(=N\C1=CCC(C(N)=O)CC1)NC(=O)Nc1cccc(C)c1. The molecule has 0 aromatic heterocycles. The van der Waals surface area contributed by atoms with E-state index < -0.39 is 0 Å². The quantitative estimate of drug-likeness (QED) is 0.580.